The van der Waals surface area contributed by atoms with E-state index in [-0.39, 0.29) is 10.6 Å². The normalized spacial score (nSPS) is 13.3. The van der Waals surface area contributed by atoms with Crippen molar-refractivity contribution in [1.29, 1.82) is 0 Å². The predicted molar refractivity (Wildman–Crippen MR) is 131 cm³/mol. The van der Waals surface area contributed by atoms with Crippen LogP contribution in [0.4, 0.5) is 11.4 Å². The Balaban J connectivity index is 1.71. The fourth-order valence-corrected chi connectivity index (χ4v) is 4.31. The summed E-state index contributed by atoms with van der Waals surface area (Å²) in [5, 5.41) is 3.11. The molecule has 0 saturated heterocycles. The first-order chi connectivity index (χ1) is 16.4. The number of methoxy groups -OCH3 is 2. The second-order valence-electron chi connectivity index (χ2n) is 7.46. The fraction of sp³-hybridized carbons (Fsp3) is 0.115. The fourth-order valence-electron chi connectivity index (χ4n) is 3.38. The van der Waals surface area contributed by atoms with Crippen molar-refractivity contribution in [2.45, 2.75) is 11.8 Å². The van der Waals surface area contributed by atoms with Crippen LogP contribution in [0.2, 0.25) is 0 Å². The molecule has 0 fully saturated rings. The molecule has 34 heavy (non-hydrogen) atoms. The molecule has 0 bridgehead atoms. The molecule has 4 rings (SSSR count). The number of rotatable bonds is 7. The van der Waals surface area contributed by atoms with E-state index in [1.165, 1.54) is 31.0 Å². The molecule has 0 unspecified atom stereocenters. The highest BCUT2D eigenvalue weighted by Gasteiger charge is 2.40. The lowest BCUT2D eigenvalue weighted by Crippen LogP contribution is -2.32. The molecular weight excluding hydrogens is 452 g/mol. The molecule has 0 atom stereocenters. The van der Waals surface area contributed by atoms with E-state index in [0.717, 1.165) is 15.4 Å². The van der Waals surface area contributed by atoms with E-state index in [9.17, 15) is 14.4 Å². The summed E-state index contributed by atoms with van der Waals surface area (Å²) in [6, 6.07) is 20.9. The lowest BCUT2D eigenvalue weighted by atomic mass is 10.2. The third-order valence-corrected chi connectivity index (χ3v) is 6.26. The molecule has 0 radical (unpaired) electrons. The molecular formula is C26H22N2O5S. The van der Waals surface area contributed by atoms with Gasteiger partial charge in [-0.15, -0.1) is 0 Å². The molecule has 0 aromatic heterocycles. The van der Waals surface area contributed by atoms with Gasteiger partial charge in [0, 0.05) is 16.6 Å². The van der Waals surface area contributed by atoms with Gasteiger partial charge in [0.1, 0.15) is 16.4 Å². The summed E-state index contributed by atoms with van der Waals surface area (Å²) in [4.78, 5) is 40.9. The van der Waals surface area contributed by atoms with Crippen molar-refractivity contribution in [2.75, 3.05) is 24.4 Å². The monoisotopic (exact) mass is 474 g/mol. The van der Waals surface area contributed by atoms with Gasteiger partial charge >= 0.3 is 5.97 Å². The Kier molecular flexibility index (Phi) is 6.70. The second kappa shape index (κ2) is 9.84. The first kappa shape index (κ1) is 23.1. The van der Waals surface area contributed by atoms with Crippen molar-refractivity contribution in [3.63, 3.8) is 0 Å². The van der Waals surface area contributed by atoms with Crippen molar-refractivity contribution in [3.05, 3.63) is 94.5 Å². The highest BCUT2D eigenvalue weighted by Crippen LogP contribution is 2.38. The quantitative estimate of drug-likeness (QED) is 0.390. The zero-order chi connectivity index (χ0) is 24.2. The van der Waals surface area contributed by atoms with E-state index in [1.54, 1.807) is 43.5 Å². The highest BCUT2D eigenvalue weighted by molar-refractivity contribution is 8.04. The van der Waals surface area contributed by atoms with Gasteiger partial charge < -0.3 is 14.8 Å². The van der Waals surface area contributed by atoms with Gasteiger partial charge in [-0.1, -0.05) is 35.5 Å². The number of benzene rings is 3. The average Bonchev–Trinajstić information content (AvgIpc) is 3.09. The van der Waals surface area contributed by atoms with Crippen LogP contribution in [0.5, 0.6) is 5.75 Å². The van der Waals surface area contributed by atoms with E-state index >= 15 is 0 Å². The first-order valence-corrected chi connectivity index (χ1v) is 11.2. The molecule has 172 valence electrons. The summed E-state index contributed by atoms with van der Waals surface area (Å²) in [5.41, 5.74) is 2.55. The molecule has 2 amide bonds. The number of carbonyl (C=O) groups excluding carboxylic acids is 3. The first-order valence-electron chi connectivity index (χ1n) is 10.4. The van der Waals surface area contributed by atoms with Gasteiger partial charge in [-0.25, -0.2) is 9.69 Å². The van der Waals surface area contributed by atoms with Crippen molar-refractivity contribution >= 4 is 40.9 Å². The Bertz CT molecular complexity index is 1280. The molecule has 0 saturated carbocycles. The number of carbonyl (C=O) groups is 3. The van der Waals surface area contributed by atoms with Gasteiger partial charge in [0.25, 0.3) is 11.8 Å². The molecule has 0 spiro atoms. The minimum atomic E-state index is -0.500. The van der Waals surface area contributed by atoms with Gasteiger partial charge in [-0.05, 0) is 55.5 Å². The Labute approximate surface area is 201 Å². The standard InChI is InChI=1S/C26H22N2O5S/c1-16-7-13-21(14-8-16)34-23-22(27-18-5-4-6-20(15-18)32-2)24(29)28(25(23)30)19-11-9-17(10-12-19)26(31)33-3/h4-15,27H,1-3H3. The van der Waals surface area contributed by atoms with Crippen LogP contribution >= 0.6 is 11.8 Å². The van der Waals surface area contributed by atoms with E-state index in [1.807, 2.05) is 31.2 Å². The van der Waals surface area contributed by atoms with Crippen LogP contribution in [0, 0.1) is 6.92 Å². The molecule has 3 aromatic carbocycles. The van der Waals surface area contributed by atoms with Crippen LogP contribution in [0.15, 0.2) is 88.3 Å². The van der Waals surface area contributed by atoms with Crippen LogP contribution < -0.4 is 15.0 Å². The predicted octanol–water partition coefficient (Wildman–Crippen LogP) is 4.78. The van der Waals surface area contributed by atoms with Crippen LogP contribution in [0.3, 0.4) is 0 Å². The smallest absolute Gasteiger partial charge is 0.337 e. The largest absolute Gasteiger partial charge is 0.497 e. The van der Waals surface area contributed by atoms with E-state index < -0.39 is 17.8 Å². The molecule has 7 nitrogen and oxygen atoms in total. The summed E-state index contributed by atoms with van der Waals surface area (Å²) < 4.78 is 9.99. The average molecular weight is 475 g/mol. The number of hydrogen-bond donors (Lipinski definition) is 1. The van der Waals surface area contributed by atoms with E-state index in [4.69, 9.17) is 9.47 Å². The second-order valence-corrected chi connectivity index (χ2v) is 8.54. The van der Waals surface area contributed by atoms with Gasteiger partial charge in [-0.3, -0.25) is 9.59 Å². The molecule has 3 aromatic rings. The Morgan fingerprint density at radius 1 is 0.912 bits per heavy atom. The van der Waals surface area contributed by atoms with Gasteiger partial charge in [0.2, 0.25) is 0 Å². The minimum Gasteiger partial charge on any atom is -0.497 e. The number of esters is 1. The number of nitrogens with one attached hydrogen (secondary N) is 1. The summed E-state index contributed by atoms with van der Waals surface area (Å²) in [7, 11) is 2.85. The number of imide groups is 1. The lowest BCUT2D eigenvalue weighted by molar-refractivity contribution is -0.120. The number of aryl methyl sites for hydroxylation is 1. The Morgan fingerprint density at radius 2 is 1.62 bits per heavy atom. The third-order valence-electron chi connectivity index (χ3n) is 5.17. The van der Waals surface area contributed by atoms with Crippen LogP contribution in [-0.2, 0) is 14.3 Å². The minimum absolute atomic E-state index is 0.167. The van der Waals surface area contributed by atoms with Crippen molar-refractivity contribution in [3.8, 4) is 5.75 Å². The van der Waals surface area contributed by atoms with E-state index in [2.05, 4.69) is 5.32 Å². The molecule has 1 heterocycles. The van der Waals surface area contributed by atoms with E-state index in [0.29, 0.717) is 22.7 Å². The maximum atomic E-state index is 13.5. The van der Waals surface area contributed by atoms with Crippen LogP contribution in [0.25, 0.3) is 0 Å². The van der Waals surface area contributed by atoms with Gasteiger partial charge in [-0.2, -0.15) is 0 Å². The molecule has 0 aliphatic carbocycles. The van der Waals surface area contributed by atoms with Gasteiger partial charge in [0.05, 0.1) is 25.5 Å². The Morgan fingerprint density at radius 3 is 2.26 bits per heavy atom. The number of hydrogen-bond acceptors (Lipinski definition) is 7. The summed E-state index contributed by atoms with van der Waals surface area (Å²) in [6.07, 6.45) is 0. The summed E-state index contributed by atoms with van der Waals surface area (Å²) in [6.45, 7) is 1.98. The lowest BCUT2D eigenvalue weighted by Gasteiger charge is -2.15. The van der Waals surface area contributed by atoms with Crippen molar-refractivity contribution in [1.82, 2.24) is 0 Å². The third kappa shape index (κ3) is 4.67. The zero-order valence-corrected chi connectivity index (χ0v) is 19.6. The van der Waals surface area contributed by atoms with Crippen molar-refractivity contribution < 1.29 is 23.9 Å². The maximum absolute atomic E-state index is 13.5. The number of ether oxygens (including phenoxy) is 2. The number of thioether (sulfide) groups is 1. The van der Waals surface area contributed by atoms with Crippen LogP contribution in [0.1, 0.15) is 15.9 Å². The van der Waals surface area contributed by atoms with Crippen molar-refractivity contribution in [2.24, 2.45) is 0 Å². The topological polar surface area (TPSA) is 84.9 Å². The molecule has 1 aliphatic heterocycles. The SMILES string of the molecule is COC(=O)c1ccc(N2C(=O)C(Nc3cccc(OC)c3)=C(Sc3ccc(C)cc3)C2=O)cc1. The summed E-state index contributed by atoms with van der Waals surface area (Å²) >= 11 is 1.22. The van der Waals surface area contributed by atoms with Gasteiger partial charge in [0.15, 0.2) is 0 Å². The maximum Gasteiger partial charge on any atom is 0.337 e. The Hall–Kier alpha value is -4.04. The molecule has 8 heteroatoms. The summed E-state index contributed by atoms with van der Waals surface area (Å²) in [5.74, 6) is -0.829. The van der Waals surface area contributed by atoms with Crippen LogP contribution in [-0.4, -0.2) is 32.0 Å². The molecule has 1 aliphatic rings. The number of nitrogens with zero attached hydrogens (tertiary/aromatic N) is 1. The highest BCUT2D eigenvalue weighted by atomic mass is 32.2. The zero-order valence-electron chi connectivity index (χ0n) is 18.8. The number of anilines is 2. The molecule has 1 N–H and O–H groups in total. The number of amides is 2.